The predicted octanol–water partition coefficient (Wildman–Crippen LogP) is 7.81. The molecule has 0 radical (unpaired) electrons. The fourth-order valence-corrected chi connectivity index (χ4v) is 9.35. The van der Waals surface area contributed by atoms with Gasteiger partial charge in [0.15, 0.2) is 46.0 Å². The molecule has 4 aromatic carbocycles. The van der Waals surface area contributed by atoms with Gasteiger partial charge in [0, 0.05) is 61.5 Å². The Morgan fingerprint density at radius 2 is 1.17 bits per heavy atom. The molecule has 0 saturated carbocycles. The first-order valence-electron chi connectivity index (χ1n) is 23.4. The molecular weight excluding hydrogens is 901 g/mol. The van der Waals surface area contributed by atoms with E-state index in [9.17, 15) is 9.59 Å². The lowest BCUT2D eigenvalue weighted by molar-refractivity contribution is -0.941. The first-order chi connectivity index (χ1) is 33.8. The number of carbonyl (C=O) groups is 2. The average molecular weight is 974 g/mol. The summed E-state index contributed by atoms with van der Waals surface area (Å²) in [7, 11) is 20.4. The third kappa shape index (κ3) is 13.0. The number of hydrogen-bond donors (Lipinski definition) is 0. The Morgan fingerprint density at radius 3 is 1.74 bits per heavy atom. The zero-order valence-electron chi connectivity index (χ0n) is 43.3. The molecule has 0 N–H and O–H groups in total. The van der Waals surface area contributed by atoms with Crippen LogP contribution in [0.1, 0.15) is 65.1 Å². The van der Waals surface area contributed by atoms with Crippen LogP contribution in [0.2, 0.25) is 0 Å². The fourth-order valence-electron chi connectivity index (χ4n) is 9.35. The number of benzene rings is 4. The first kappa shape index (κ1) is 54.4. The van der Waals surface area contributed by atoms with Crippen LogP contribution in [0, 0.1) is 0 Å². The van der Waals surface area contributed by atoms with Gasteiger partial charge in [0.05, 0.1) is 104 Å². The maximum atomic E-state index is 12.7. The van der Waals surface area contributed by atoms with Crippen molar-refractivity contribution in [3.05, 3.63) is 94.1 Å². The van der Waals surface area contributed by atoms with Crippen LogP contribution < -0.4 is 47.4 Å². The molecule has 3 unspecified atom stereocenters. The second-order valence-corrected chi connectivity index (χ2v) is 17.3. The van der Waals surface area contributed by atoms with Crippen LogP contribution in [0.25, 0.3) is 0 Å². The molecule has 70 heavy (non-hydrogen) atoms. The Labute approximate surface area is 413 Å². The van der Waals surface area contributed by atoms with Crippen LogP contribution in [0.5, 0.6) is 57.5 Å². The van der Waals surface area contributed by atoms with Crippen LogP contribution in [0.3, 0.4) is 0 Å². The van der Waals surface area contributed by atoms with Gasteiger partial charge >= 0.3 is 11.9 Å². The van der Waals surface area contributed by atoms with E-state index >= 15 is 0 Å². The Morgan fingerprint density at radius 1 is 0.629 bits per heavy atom. The van der Waals surface area contributed by atoms with Crippen molar-refractivity contribution < 1.29 is 70.9 Å². The zero-order chi connectivity index (χ0) is 51.0. The average Bonchev–Trinajstić information content (AvgIpc) is 3.38. The van der Waals surface area contributed by atoms with Gasteiger partial charge in [-0.25, -0.2) is 9.59 Å². The second kappa shape index (κ2) is 25.9. The lowest BCUT2D eigenvalue weighted by Crippen LogP contribution is -2.52. The van der Waals surface area contributed by atoms with Gasteiger partial charge in [-0.2, -0.15) is 0 Å². The first-order valence-corrected chi connectivity index (χ1v) is 23.4. The Kier molecular flexibility index (Phi) is 20.1. The number of quaternary nitrogens is 1. The minimum absolute atomic E-state index is 0.0665. The van der Waals surface area contributed by atoms with E-state index in [0.29, 0.717) is 94.3 Å². The number of fused-ring (bicyclic) bond motifs is 1. The highest BCUT2D eigenvalue weighted by atomic mass is 16.6. The molecule has 1 heterocycles. The van der Waals surface area contributed by atoms with Gasteiger partial charge in [-0.3, -0.25) is 0 Å². The van der Waals surface area contributed by atoms with Crippen molar-refractivity contribution >= 4 is 11.9 Å². The standard InChI is InChI=1S/C54H73N2O14/c1-35(39-32-46(63-8)52(66-11)47(33-39)64-9)51-38(31-48(65-10)53(67-12)54(51)68-13)20-23-55(2)22-14-26-69-49(57)18-19-50(58)70-27-15-24-56(3)25-21-37-30-44(61-6)45(62-7)34-40(37)41(56)28-36-16-17-42(59-4)43(29-36)60-5/h16-19,29-35,41H,14-15,20-28H2,1-13H3/q+1/b19-18-. The zero-order valence-corrected chi connectivity index (χ0v) is 43.3. The number of ether oxygens (including phenoxy) is 12. The molecule has 16 heteroatoms. The number of carbonyl (C=O) groups excluding carboxylic acids is 2. The van der Waals surface area contributed by atoms with Crippen molar-refractivity contribution in [1.29, 1.82) is 0 Å². The van der Waals surface area contributed by atoms with E-state index in [1.807, 2.05) is 37.4 Å². The lowest BCUT2D eigenvalue weighted by atomic mass is 9.86. The highest BCUT2D eigenvalue weighted by molar-refractivity contribution is 5.91. The predicted molar refractivity (Wildman–Crippen MR) is 266 cm³/mol. The highest BCUT2D eigenvalue weighted by Gasteiger charge is 2.40. The van der Waals surface area contributed by atoms with Gasteiger partial charge in [-0.1, -0.05) is 13.0 Å². The minimum atomic E-state index is -0.613. The second-order valence-electron chi connectivity index (χ2n) is 17.3. The minimum Gasteiger partial charge on any atom is -0.493 e. The van der Waals surface area contributed by atoms with E-state index in [2.05, 4.69) is 37.1 Å². The van der Waals surface area contributed by atoms with Gasteiger partial charge in [0.25, 0.3) is 0 Å². The van der Waals surface area contributed by atoms with Crippen molar-refractivity contribution in [1.82, 2.24) is 4.90 Å². The quantitative estimate of drug-likeness (QED) is 0.0247. The topological polar surface area (TPSA) is 148 Å². The SMILES string of the molecule is COc1ccc(CC2c3cc(OC)c(OC)cc3CC[N+]2(C)CCCOC(=O)/C=C\C(=O)OCCCN(C)CCc2cc(OC)c(OC)c(OC)c2C(C)c2cc(OC)c(OC)c(OC)c2)cc1OC. The number of likely N-dealkylation sites (N-methyl/N-ethyl adjacent to an activating group) is 2. The molecule has 382 valence electrons. The summed E-state index contributed by atoms with van der Waals surface area (Å²) in [5.74, 6) is 4.56. The molecule has 0 bridgehead atoms. The van der Waals surface area contributed by atoms with Crippen molar-refractivity contribution in [2.24, 2.45) is 0 Å². The monoisotopic (exact) mass is 974 g/mol. The molecule has 0 saturated heterocycles. The van der Waals surface area contributed by atoms with Gasteiger partial charge in [-0.15, -0.1) is 0 Å². The molecule has 3 atom stereocenters. The molecule has 0 aromatic heterocycles. The summed E-state index contributed by atoms with van der Waals surface area (Å²) in [5.41, 5.74) is 6.39. The van der Waals surface area contributed by atoms with E-state index < -0.39 is 11.9 Å². The molecule has 5 rings (SSSR count). The summed E-state index contributed by atoms with van der Waals surface area (Å²) < 4.78 is 68.6. The molecule has 4 aromatic rings. The van der Waals surface area contributed by atoms with E-state index in [0.717, 1.165) is 60.3 Å². The van der Waals surface area contributed by atoms with E-state index in [-0.39, 0.29) is 25.2 Å². The molecule has 0 aliphatic carbocycles. The summed E-state index contributed by atoms with van der Waals surface area (Å²) in [6.07, 6.45) is 5.67. The van der Waals surface area contributed by atoms with Crippen LogP contribution >= 0.6 is 0 Å². The van der Waals surface area contributed by atoms with Crippen LogP contribution in [-0.4, -0.2) is 146 Å². The summed E-state index contributed by atoms with van der Waals surface area (Å²) in [6.45, 7) is 5.42. The smallest absolute Gasteiger partial charge is 0.331 e. The van der Waals surface area contributed by atoms with E-state index in [4.69, 9.17) is 56.8 Å². The summed E-state index contributed by atoms with van der Waals surface area (Å²) in [4.78, 5) is 27.5. The molecule has 16 nitrogen and oxygen atoms in total. The third-order valence-electron chi connectivity index (χ3n) is 13.2. The number of nitrogens with zero attached hydrogens (tertiary/aromatic N) is 2. The summed E-state index contributed by atoms with van der Waals surface area (Å²) >= 11 is 0. The van der Waals surface area contributed by atoms with Crippen molar-refractivity contribution in [2.45, 2.75) is 51.0 Å². The Bertz CT molecular complexity index is 2400. The lowest BCUT2D eigenvalue weighted by Gasteiger charge is -2.46. The number of rotatable bonds is 27. The van der Waals surface area contributed by atoms with Crippen LogP contribution in [0.15, 0.2) is 60.7 Å². The van der Waals surface area contributed by atoms with Crippen LogP contribution in [-0.2, 0) is 38.3 Å². The highest BCUT2D eigenvalue weighted by Crippen LogP contribution is 2.49. The largest absolute Gasteiger partial charge is 0.493 e. The van der Waals surface area contributed by atoms with E-state index in [1.165, 1.54) is 11.1 Å². The summed E-state index contributed by atoms with van der Waals surface area (Å²) in [5, 5.41) is 0. The maximum Gasteiger partial charge on any atom is 0.331 e. The van der Waals surface area contributed by atoms with E-state index in [1.54, 1.807) is 71.1 Å². The van der Waals surface area contributed by atoms with Gasteiger partial charge in [0.2, 0.25) is 11.5 Å². The van der Waals surface area contributed by atoms with Crippen molar-refractivity contribution in [3.63, 3.8) is 0 Å². The van der Waals surface area contributed by atoms with Gasteiger partial charge in [0.1, 0.15) is 6.04 Å². The van der Waals surface area contributed by atoms with Gasteiger partial charge in [-0.05, 0) is 84.6 Å². The molecule has 1 aliphatic rings. The third-order valence-corrected chi connectivity index (χ3v) is 13.2. The molecule has 0 fully saturated rings. The van der Waals surface area contributed by atoms with Crippen molar-refractivity contribution in [3.8, 4) is 57.5 Å². The van der Waals surface area contributed by atoms with Crippen molar-refractivity contribution in [2.75, 3.05) is 125 Å². The number of esters is 2. The molecule has 1 aliphatic heterocycles. The fraction of sp³-hybridized carbons (Fsp3) is 0.481. The van der Waals surface area contributed by atoms with Gasteiger partial charge < -0.3 is 66.2 Å². The molecule has 0 amide bonds. The Balaban J connectivity index is 1.13. The number of hydrogen-bond acceptors (Lipinski definition) is 15. The van der Waals surface area contributed by atoms with Crippen LogP contribution in [0.4, 0.5) is 0 Å². The number of methoxy groups -OCH3 is 10. The molecule has 0 spiro atoms. The molecular formula is C54H73N2O14+. The maximum absolute atomic E-state index is 12.7. The Hall–Kier alpha value is -6.52. The normalized spacial score (nSPS) is 15.7. The summed E-state index contributed by atoms with van der Waals surface area (Å²) in [6, 6.07) is 16.1.